The van der Waals surface area contributed by atoms with Crippen molar-refractivity contribution in [2.24, 2.45) is 5.92 Å². The Labute approximate surface area is 132 Å². The van der Waals surface area contributed by atoms with E-state index in [2.05, 4.69) is 51.4 Å². The second-order valence-corrected chi connectivity index (χ2v) is 31.9. The number of allylic oxidation sites excluding steroid dienone is 8. The molecule has 2 aliphatic carbocycles. The molecule has 2 aliphatic rings. The zero-order chi connectivity index (χ0) is 14.2. The standard InChI is InChI=1S/C15H19.C2H7Ge.Zr/c1-10(2)14-6-5-7-15(14)13-8-11(3)12(4)9-13;1-3-2;/h6,8,10H,5,9H2,1-4H3;3H,1-2H3;. The van der Waals surface area contributed by atoms with Crippen molar-refractivity contribution in [1.29, 1.82) is 0 Å². The third kappa shape index (κ3) is 3.53. The van der Waals surface area contributed by atoms with Crippen LogP contribution in [0.2, 0.25) is 11.5 Å². The maximum atomic E-state index is 2.59. The van der Waals surface area contributed by atoms with Crippen LogP contribution >= 0.6 is 0 Å². The molecule has 0 atom stereocenters. The Morgan fingerprint density at radius 1 is 1.21 bits per heavy atom. The summed E-state index contributed by atoms with van der Waals surface area (Å²) in [6.07, 6.45) is 7.52. The molecule has 102 valence electrons. The van der Waals surface area contributed by atoms with Gasteiger partial charge in [-0.15, -0.1) is 0 Å². The van der Waals surface area contributed by atoms with Crippen LogP contribution in [0, 0.1) is 5.92 Å². The third-order valence-corrected chi connectivity index (χ3v) is 18.9. The molecule has 0 bridgehead atoms. The molecule has 0 saturated heterocycles. The molecule has 0 radical (unpaired) electrons. The minimum absolute atomic E-state index is 0.200. The van der Waals surface area contributed by atoms with Crippen molar-refractivity contribution >= 4 is 10.6 Å². The summed E-state index contributed by atoms with van der Waals surface area (Å²) in [7, 11) is -0.805. The van der Waals surface area contributed by atoms with Crippen LogP contribution in [0.3, 0.4) is 0 Å². The van der Waals surface area contributed by atoms with Crippen LogP contribution in [0.5, 0.6) is 0 Å². The molecule has 0 aromatic heterocycles. The molecule has 0 N–H and O–H groups in total. The molecule has 0 aromatic carbocycles. The molecule has 0 heterocycles. The molecule has 2 rings (SSSR count). The van der Waals surface area contributed by atoms with Crippen LogP contribution < -0.4 is 0 Å². The Hall–Kier alpha value is 0.386. The second-order valence-electron chi connectivity index (χ2n) is 6.48. The van der Waals surface area contributed by atoms with Crippen LogP contribution in [-0.2, 0) is 20.7 Å². The number of hydrogen-bond donors (Lipinski definition) is 0. The Morgan fingerprint density at radius 2 is 1.89 bits per heavy atom. The fourth-order valence-electron chi connectivity index (χ4n) is 2.99. The molecule has 0 unspecified atom stereocenters. The van der Waals surface area contributed by atoms with Crippen molar-refractivity contribution in [2.45, 2.75) is 52.0 Å². The molecule has 19 heavy (non-hydrogen) atoms. The van der Waals surface area contributed by atoms with Crippen molar-refractivity contribution in [1.82, 2.24) is 0 Å². The van der Waals surface area contributed by atoms with E-state index in [1.54, 1.807) is 22.3 Å². The van der Waals surface area contributed by atoms with Crippen molar-refractivity contribution in [3.63, 3.8) is 0 Å². The van der Waals surface area contributed by atoms with E-state index in [1.165, 1.54) is 18.4 Å². The van der Waals surface area contributed by atoms with Crippen LogP contribution in [0.25, 0.3) is 0 Å². The van der Waals surface area contributed by atoms with Gasteiger partial charge in [-0.05, 0) is 0 Å². The molecule has 0 saturated carbocycles. The number of hydrogen-bond acceptors (Lipinski definition) is 0. The Kier molecular flexibility index (Phi) is 5.34. The summed E-state index contributed by atoms with van der Waals surface area (Å²) in [5.74, 6) is 5.87. The first kappa shape index (κ1) is 15.8. The molecule has 0 aliphatic heterocycles. The second kappa shape index (κ2) is 6.44. The SMILES string of the molecule is CC1=C(C)CC(C2=[C]([Zr][GeH]([CH3])[CH3])CC=C2C(C)C)=C1. The molecule has 0 amide bonds. The molecule has 0 fully saturated rings. The van der Waals surface area contributed by atoms with Gasteiger partial charge in [0.05, 0.1) is 0 Å². The van der Waals surface area contributed by atoms with Gasteiger partial charge in [0.15, 0.2) is 0 Å². The van der Waals surface area contributed by atoms with E-state index < -0.39 is 10.6 Å². The van der Waals surface area contributed by atoms with E-state index in [0.717, 1.165) is 0 Å². The van der Waals surface area contributed by atoms with Gasteiger partial charge in [0.2, 0.25) is 0 Å². The predicted octanol–water partition coefficient (Wildman–Crippen LogP) is 4.96. The molecular formula is C17H26GeZr. The zero-order valence-electron chi connectivity index (χ0n) is 13.2. The van der Waals surface area contributed by atoms with Crippen molar-refractivity contribution < 1.29 is 20.7 Å². The maximum absolute atomic E-state index is 2.59. The van der Waals surface area contributed by atoms with Gasteiger partial charge in [0.1, 0.15) is 0 Å². The van der Waals surface area contributed by atoms with Gasteiger partial charge in [-0.2, -0.15) is 0 Å². The summed E-state index contributed by atoms with van der Waals surface area (Å²) in [5, 5.41) is 0. The summed E-state index contributed by atoms with van der Waals surface area (Å²) in [4.78, 5) is 0. The van der Waals surface area contributed by atoms with Crippen molar-refractivity contribution in [3.8, 4) is 0 Å². The average molecular weight is 394 g/mol. The first-order chi connectivity index (χ1) is 8.90. The van der Waals surface area contributed by atoms with Crippen LogP contribution in [0.1, 0.15) is 40.5 Å². The fraction of sp³-hybridized carbons (Fsp3) is 0.529. The minimum atomic E-state index is -0.805. The van der Waals surface area contributed by atoms with Gasteiger partial charge in [0, 0.05) is 0 Å². The number of rotatable bonds is 4. The van der Waals surface area contributed by atoms with Gasteiger partial charge in [0.25, 0.3) is 0 Å². The Morgan fingerprint density at radius 3 is 2.37 bits per heavy atom. The first-order valence-corrected chi connectivity index (χ1v) is 22.1. The van der Waals surface area contributed by atoms with E-state index in [0.29, 0.717) is 5.92 Å². The summed E-state index contributed by atoms with van der Waals surface area (Å²) in [5.41, 5.74) is 8.12. The first-order valence-electron chi connectivity index (χ1n) is 7.47. The van der Waals surface area contributed by atoms with Crippen molar-refractivity contribution in [3.05, 3.63) is 43.3 Å². The van der Waals surface area contributed by atoms with Crippen molar-refractivity contribution in [2.75, 3.05) is 0 Å². The quantitative estimate of drug-likeness (QED) is 0.592. The molecule has 0 spiro atoms. The normalized spacial score (nSPS) is 19.8. The molecule has 0 aromatic rings. The molecule has 0 nitrogen and oxygen atoms in total. The Balaban J connectivity index is 2.35. The van der Waals surface area contributed by atoms with Gasteiger partial charge in [-0.3, -0.25) is 0 Å². The summed E-state index contributed by atoms with van der Waals surface area (Å²) in [6.45, 7) is 9.29. The Bertz CT molecular complexity index is 501. The van der Waals surface area contributed by atoms with Gasteiger partial charge in [-0.25, -0.2) is 0 Å². The van der Waals surface area contributed by atoms with Gasteiger partial charge < -0.3 is 0 Å². The van der Waals surface area contributed by atoms with E-state index in [4.69, 9.17) is 0 Å². The van der Waals surface area contributed by atoms with E-state index >= 15 is 0 Å². The van der Waals surface area contributed by atoms with E-state index in [9.17, 15) is 0 Å². The summed E-state index contributed by atoms with van der Waals surface area (Å²) >= 11 is -0.200. The summed E-state index contributed by atoms with van der Waals surface area (Å²) < 4.78 is 1.93. The molecular weight excluding hydrogens is 368 g/mol. The summed E-state index contributed by atoms with van der Waals surface area (Å²) in [6, 6.07) is 0. The van der Waals surface area contributed by atoms with E-state index in [1.807, 2.05) is 3.28 Å². The third-order valence-electron chi connectivity index (χ3n) is 4.04. The van der Waals surface area contributed by atoms with Crippen LogP contribution in [-0.4, -0.2) is 10.6 Å². The predicted molar refractivity (Wildman–Crippen MR) is 84.5 cm³/mol. The zero-order valence-corrected chi connectivity index (χ0v) is 18.1. The fourth-order valence-corrected chi connectivity index (χ4v) is 18.3. The topological polar surface area (TPSA) is 0 Å². The monoisotopic (exact) mass is 394 g/mol. The van der Waals surface area contributed by atoms with Crippen LogP contribution in [0.4, 0.5) is 0 Å². The van der Waals surface area contributed by atoms with E-state index in [-0.39, 0.29) is 20.7 Å². The average Bonchev–Trinajstić information content (AvgIpc) is 2.83. The van der Waals surface area contributed by atoms with Crippen LogP contribution in [0.15, 0.2) is 43.3 Å². The molecule has 2 heteroatoms. The van der Waals surface area contributed by atoms with Gasteiger partial charge in [-0.1, -0.05) is 0 Å². The van der Waals surface area contributed by atoms with Gasteiger partial charge >= 0.3 is 133 Å².